The van der Waals surface area contributed by atoms with Crippen molar-refractivity contribution in [1.82, 2.24) is 5.32 Å². The molecule has 1 saturated heterocycles. The molecule has 1 atom stereocenters. The zero-order valence-corrected chi connectivity index (χ0v) is 15.4. The summed E-state index contributed by atoms with van der Waals surface area (Å²) in [7, 11) is 0. The monoisotopic (exact) mass is 396 g/mol. The minimum Gasteiger partial charge on any atom is -0.352 e. The Hall–Kier alpha value is -1.75. The first-order valence-electron chi connectivity index (χ1n) is 7.73. The van der Waals surface area contributed by atoms with Crippen LogP contribution < -0.4 is 10.2 Å². The van der Waals surface area contributed by atoms with Crippen LogP contribution in [0.1, 0.15) is 16.8 Å². The van der Waals surface area contributed by atoms with E-state index in [2.05, 4.69) is 5.32 Å². The molecule has 0 aliphatic carbocycles. The van der Waals surface area contributed by atoms with Crippen LogP contribution in [0, 0.1) is 5.92 Å². The molecule has 25 heavy (non-hydrogen) atoms. The maximum atomic E-state index is 12.3. The molecule has 0 spiro atoms. The van der Waals surface area contributed by atoms with Gasteiger partial charge in [-0.05, 0) is 42.5 Å². The highest BCUT2D eigenvalue weighted by Crippen LogP contribution is 2.26. The van der Waals surface area contributed by atoms with Crippen molar-refractivity contribution in [1.29, 1.82) is 0 Å². The third-order valence-corrected chi connectivity index (χ3v) is 4.88. The Balaban J connectivity index is 1.61. The summed E-state index contributed by atoms with van der Waals surface area (Å²) in [6.45, 7) is 0.932. The van der Waals surface area contributed by atoms with Gasteiger partial charge in [0.05, 0.1) is 10.6 Å². The van der Waals surface area contributed by atoms with Crippen molar-refractivity contribution in [2.45, 2.75) is 6.42 Å². The summed E-state index contributed by atoms with van der Waals surface area (Å²) in [5.41, 5.74) is 1.13. The number of nitrogens with one attached hydrogen (secondary N) is 1. The van der Waals surface area contributed by atoms with Crippen LogP contribution in [0.4, 0.5) is 5.69 Å². The summed E-state index contributed by atoms with van der Waals surface area (Å²) in [5, 5.41) is 4.24. The summed E-state index contributed by atoms with van der Waals surface area (Å²) in [6, 6.07) is 11.9. The number of hydrogen-bond acceptors (Lipinski definition) is 2. The molecule has 2 aromatic carbocycles. The second kappa shape index (κ2) is 7.65. The van der Waals surface area contributed by atoms with Crippen LogP contribution >= 0.6 is 34.8 Å². The second-order valence-corrected chi connectivity index (χ2v) is 7.17. The van der Waals surface area contributed by atoms with Gasteiger partial charge in [-0.1, -0.05) is 34.8 Å². The highest BCUT2D eigenvalue weighted by molar-refractivity contribution is 6.35. The average Bonchev–Trinajstić information content (AvgIpc) is 2.96. The molecule has 4 nitrogen and oxygen atoms in total. The molecule has 1 fully saturated rings. The van der Waals surface area contributed by atoms with Crippen molar-refractivity contribution in [3.8, 4) is 0 Å². The van der Waals surface area contributed by atoms with E-state index >= 15 is 0 Å². The highest BCUT2D eigenvalue weighted by atomic mass is 35.5. The molecule has 1 aliphatic heterocycles. The Labute approximate surface area is 160 Å². The molecule has 1 aliphatic rings. The van der Waals surface area contributed by atoms with Crippen LogP contribution in [0.25, 0.3) is 0 Å². The van der Waals surface area contributed by atoms with E-state index in [1.54, 1.807) is 29.2 Å². The SMILES string of the molecule is O=C(NCC1CC(=O)N(c2ccc(Cl)cc2)C1)c1cc(Cl)ccc1Cl. The zero-order chi connectivity index (χ0) is 18.0. The van der Waals surface area contributed by atoms with E-state index in [9.17, 15) is 9.59 Å². The van der Waals surface area contributed by atoms with Crippen molar-refractivity contribution >= 4 is 52.3 Å². The molecule has 0 aromatic heterocycles. The van der Waals surface area contributed by atoms with Crippen LogP contribution in [-0.4, -0.2) is 24.9 Å². The molecule has 130 valence electrons. The Morgan fingerprint density at radius 3 is 2.48 bits per heavy atom. The fourth-order valence-electron chi connectivity index (χ4n) is 2.79. The summed E-state index contributed by atoms with van der Waals surface area (Å²) >= 11 is 17.8. The van der Waals surface area contributed by atoms with Crippen LogP contribution in [-0.2, 0) is 4.79 Å². The first-order chi connectivity index (χ1) is 11.9. The number of rotatable bonds is 4. The van der Waals surface area contributed by atoms with E-state index in [0.29, 0.717) is 40.1 Å². The molecule has 0 saturated carbocycles. The number of nitrogens with zero attached hydrogens (tertiary/aromatic N) is 1. The molecule has 2 aromatic rings. The van der Waals surface area contributed by atoms with Gasteiger partial charge in [-0.25, -0.2) is 0 Å². The number of carbonyl (C=O) groups is 2. The number of hydrogen-bond donors (Lipinski definition) is 1. The molecular weight excluding hydrogens is 383 g/mol. The highest BCUT2D eigenvalue weighted by Gasteiger charge is 2.30. The summed E-state index contributed by atoms with van der Waals surface area (Å²) in [5.74, 6) is -0.239. The summed E-state index contributed by atoms with van der Waals surface area (Å²) in [4.78, 5) is 26.2. The van der Waals surface area contributed by atoms with Crippen molar-refractivity contribution in [2.75, 3.05) is 18.0 Å². The smallest absolute Gasteiger partial charge is 0.252 e. The lowest BCUT2D eigenvalue weighted by molar-refractivity contribution is -0.117. The molecule has 1 N–H and O–H groups in total. The van der Waals surface area contributed by atoms with Gasteiger partial charge in [0.15, 0.2) is 0 Å². The maximum absolute atomic E-state index is 12.3. The third-order valence-electron chi connectivity index (χ3n) is 4.07. The normalized spacial score (nSPS) is 17.0. The predicted molar refractivity (Wildman–Crippen MR) is 101 cm³/mol. The van der Waals surface area contributed by atoms with Gasteiger partial charge in [0.2, 0.25) is 5.91 Å². The largest absolute Gasteiger partial charge is 0.352 e. The van der Waals surface area contributed by atoms with Gasteiger partial charge in [-0.3, -0.25) is 9.59 Å². The van der Waals surface area contributed by atoms with Crippen LogP contribution in [0.15, 0.2) is 42.5 Å². The van der Waals surface area contributed by atoms with E-state index in [4.69, 9.17) is 34.8 Å². The number of anilines is 1. The van der Waals surface area contributed by atoms with E-state index < -0.39 is 0 Å². The van der Waals surface area contributed by atoms with E-state index in [0.717, 1.165) is 5.69 Å². The molecule has 1 unspecified atom stereocenters. The van der Waals surface area contributed by atoms with Crippen LogP contribution in [0.2, 0.25) is 15.1 Å². The number of amides is 2. The van der Waals surface area contributed by atoms with Crippen molar-refractivity contribution in [3.05, 3.63) is 63.1 Å². The van der Waals surface area contributed by atoms with Gasteiger partial charge in [-0.15, -0.1) is 0 Å². The van der Waals surface area contributed by atoms with Gasteiger partial charge in [0, 0.05) is 41.2 Å². The quantitative estimate of drug-likeness (QED) is 0.829. The second-order valence-electron chi connectivity index (χ2n) is 5.89. The van der Waals surface area contributed by atoms with Gasteiger partial charge in [0.1, 0.15) is 0 Å². The maximum Gasteiger partial charge on any atom is 0.252 e. The number of halogens is 3. The van der Waals surface area contributed by atoms with Crippen molar-refractivity contribution in [3.63, 3.8) is 0 Å². The fraction of sp³-hybridized carbons (Fsp3) is 0.222. The van der Waals surface area contributed by atoms with Gasteiger partial charge < -0.3 is 10.2 Å². The van der Waals surface area contributed by atoms with E-state index in [1.165, 1.54) is 6.07 Å². The Kier molecular flexibility index (Phi) is 5.52. The first kappa shape index (κ1) is 18.1. The minimum absolute atomic E-state index is 0.0300. The summed E-state index contributed by atoms with van der Waals surface area (Å²) in [6.07, 6.45) is 0.381. The molecule has 7 heteroatoms. The van der Waals surface area contributed by atoms with Crippen LogP contribution in [0.5, 0.6) is 0 Å². The summed E-state index contributed by atoms with van der Waals surface area (Å²) < 4.78 is 0. The Morgan fingerprint density at radius 2 is 1.76 bits per heavy atom. The lowest BCUT2D eigenvalue weighted by Gasteiger charge is -2.17. The topological polar surface area (TPSA) is 49.4 Å². The lowest BCUT2D eigenvalue weighted by Crippen LogP contribution is -2.31. The average molecular weight is 398 g/mol. The van der Waals surface area contributed by atoms with E-state index in [1.807, 2.05) is 12.1 Å². The molecule has 2 amide bonds. The van der Waals surface area contributed by atoms with Gasteiger partial charge in [-0.2, -0.15) is 0 Å². The molecule has 1 heterocycles. The lowest BCUT2D eigenvalue weighted by atomic mass is 10.1. The number of benzene rings is 2. The molecule has 0 radical (unpaired) electrons. The predicted octanol–water partition coefficient (Wildman–Crippen LogP) is 4.43. The number of carbonyl (C=O) groups excluding carboxylic acids is 2. The minimum atomic E-state index is -0.301. The van der Waals surface area contributed by atoms with E-state index in [-0.39, 0.29) is 17.7 Å². The van der Waals surface area contributed by atoms with Gasteiger partial charge >= 0.3 is 0 Å². The Morgan fingerprint density at radius 1 is 1.08 bits per heavy atom. The van der Waals surface area contributed by atoms with Crippen LogP contribution in [0.3, 0.4) is 0 Å². The Bertz CT molecular complexity index is 808. The molecular formula is C18H15Cl3N2O2. The zero-order valence-electron chi connectivity index (χ0n) is 13.1. The first-order valence-corrected chi connectivity index (χ1v) is 8.86. The molecule has 0 bridgehead atoms. The fourth-order valence-corrected chi connectivity index (χ4v) is 3.29. The standard InChI is InChI=1S/C18H15Cl3N2O2/c19-12-1-4-14(5-2-12)23-10-11(7-17(23)24)9-22-18(25)15-8-13(20)3-6-16(15)21/h1-6,8,11H,7,9-10H2,(H,22,25). The van der Waals surface area contributed by atoms with Crippen molar-refractivity contribution < 1.29 is 9.59 Å². The van der Waals surface area contributed by atoms with Crippen molar-refractivity contribution in [2.24, 2.45) is 5.92 Å². The third kappa shape index (κ3) is 4.27. The van der Waals surface area contributed by atoms with Gasteiger partial charge in [0.25, 0.3) is 5.91 Å². The molecule has 3 rings (SSSR count).